The molecule has 2 amide bonds. The number of benzene rings is 1. The summed E-state index contributed by atoms with van der Waals surface area (Å²) in [6, 6.07) is 4.71. The molecule has 0 aliphatic heterocycles. The van der Waals surface area contributed by atoms with Gasteiger partial charge >= 0.3 is 5.69 Å². The van der Waals surface area contributed by atoms with Crippen molar-refractivity contribution in [3.63, 3.8) is 0 Å². The highest BCUT2D eigenvalue weighted by Crippen LogP contribution is 2.25. The summed E-state index contributed by atoms with van der Waals surface area (Å²) in [6.45, 7) is 2.93. The summed E-state index contributed by atoms with van der Waals surface area (Å²) in [5.41, 5.74) is 0.280. The number of nitrogens with two attached hydrogens (primary N) is 1. The van der Waals surface area contributed by atoms with E-state index in [9.17, 15) is 14.4 Å². The van der Waals surface area contributed by atoms with Crippen molar-refractivity contribution in [2.24, 2.45) is 0 Å². The van der Waals surface area contributed by atoms with Crippen LogP contribution >= 0.6 is 23.4 Å². The molecule has 0 spiro atoms. The molecule has 0 fully saturated rings. The smallest absolute Gasteiger partial charge is 0.334 e. The van der Waals surface area contributed by atoms with Gasteiger partial charge in [-0.25, -0.2) is 9.78 Å². The molecule has 1 aromatic carbocycles. The van der Waals surface area contributed by atoms with Crippen LogP contribution in [0.1, 0.15) is 12.7 Å². The molecule has 4 N–H and O–H groups in total. The Bertz CT molecular complexity index is 885. The molecule has 25 heavy (non-hydrogen) atoms. The van der Waals surface area contributed by atoms with Crippen LogP contribution < -0.4 is 22.2 Å². The van der Waals surface area contributed by atoms with Crippen LogP contribution in [0, 0.1) is 6.92 Å². The molecule has 1 aromatic heterocycles. The maximum Gasteiger partial charge on any atom is 0.370 e. The molecule has 0 radical (unpaired) electrons. The molecule has 9 nitrogen and oxygen atoms in total. The van der Waals surface area contributed by atoms with Crippen molar-refractivity contribution in [3.05, 3.63) is 39.5 Å². The van der Waals surface area contributed by atoms with Crippen molar-refractivity contribution >= 4 is 46.6 Å². The van der Waals surface area contributed by atoms with Crippen LogP contribution in [0.2, 0.25) is 5.02 Å². The Morgan fingerprint density at radius 1 is 1.32 bits per heavy atom. The van der Waals surface area contributed by atoms with Gasteiger partial charge in [-0.2, -0.15) is 9.66 Å². The van der Waals surface area contributed by atoms with Gasteiger partial charge in [0, 0.05) is 12.6 Å². The van der Waals surface area contributed by atoms with Gasteiger partial charge in [-0.05, 0) is 25.1 Å². The first-order valence-corrected chi connectivity index (χ1v) is 8.35. The summed E-state index contributed by atoms with van der Waals surface area (Å²) in [6.07, 6.45) is 0. The maximum atomic E-state index is 12.0. The van der Waals surface area contributed by atoms with E-state index in [1.165, 1.54) is 13.0 Å². The molecule has 0 aliphatic rings. The third kappa shape index (κ3) is 5.19. The Morgan fingerprint density at radius 3 is 2.64 bits per heavy atom. The fourth-order valence-electron chi connectivity index (χ4n) is 1.77. The molecule has 1 heterocycles. The van der Waals surface area contributed by atoms with Gasteiger partial charge in [-0.15, -0.1) is 0 Å². The summed E-state index contributed by atoms with van der Waals surface area (Å²) in [5, 5.41) is 5.69. The Morgan fingerprint density at radius 2 is 2.04 bits per heavy atom. The number of aryl methyl sites for hydroxylation is 1. The minimum atomic E-state index is -0.643. The van der Waals surface area contributed by atoms with E-state index in [4.69, 9.17) is 17.4 Å². The predicted octanol–water partition coefficient (Wildman–Crippen LogP) is 1.00. The van der Waals surface area contributed by atoms with Crippen molar-refractivity contribution in [1.29, 1.82) is 0 Å². The van der Waals surface area contributed by atoms with Crippen LogP contribution in [0.4, 0.5) is 11.4 Å². The fourth-order valence-corrected chi connectivity index (χ4v) is 2.67. The Labute approximate surface area is 152 Å². The number of nitrogens with one attached hydrogen (secondary N) is 2. The van der Waals surface area contributed by atoms with E-state index < -0.39 is 5.69 Å². The van der Waals surface area contributed by atoms with E-state index in [2.05, 4.69) is 20.6 Å². The number of hydrogen-bond acceptors (Lipinski definition) is 7. The van der Waals surface area contributed by atoms with Gasteiger partial charge in [0.05, 0.1) is 16.5 Å². The van der Waals surface area contributed by atoms with Gasteiger partial charge < -0.3 is 16.5 Å². The van der Waals surface area contributed by atoms with E-state index in [1.807, 2.05) is 0 Å². The summed E-state index contributed by atoms with van der Waals surface area (Å²) in [4.78, 5) is 42.2. The van der Waals surface area contributed by atoms with Crippen LogP contribution in [0.5, 0.6) is 0 Å². The molecule has 11 heteroatoms. The lowest BCUT2D eigenvalue weighted by molar-refractivity contribution is -0.114. The minimum Gasteiger partial charge on any atom is -0.334 e. The molecule has 2 rings (SSSR count). The van der Waals surface area contributed by atoms with Gasteiger partial charge in [0.2, 0.25) is 11.8 Å². The molecule has 0 unspecified atom stereocenters. The van der Waals surface area contributed by atoms with Crippen LogP contribution in [0.25, 0.3) is 0 Å². The minimum absolute atomic E-state index is 0.00146. The van der Waals surface area contributed by atoms with Gasteiger partial charge in [-0.3, -0.25) is 9.59 Å². The molecule has 132 valence electrons. The summed E-state index contributed by atoms with van der Waals surface area (Å²) < 4.78 is 0.822. The number of rotatable bonds is 5. The van der Waals surface area contributed by atoms with Gasteiger partial charge in [-0.1, -0.05) is 23.4 Å². The molecule has 2 aromatic rings. The van der Waals surface area contributed by atoms with Crippen molar-refractivity contribution in [2.75, 3.05) is 22.2 Å². The number of halogens is 1. The zero-order valence-electron chi connectivity index (χ0n) is 13.4. The molecule has 0 bridgehead atoms. The van der Waals surface area contributed by atoms with Crippen molar-refractivity contribution in [1.82, 2.24) is 14.6 Å². The second kappa shape index (κ2) is 7.99. The third-order valence-corrected chi connectivity index (χ3v) is 4.06. The topological polar surface area (TPSA) is 132 Å². The van der Waals surface area contributed by atoms with Crippen LogP contribution in [-0.4, -0.2) is 32.2 Å². The Kier molecular flexibility index (Phi) is 5.99. The quantitative estimate of drug-likeness (QED) is 0.519. The summed E-state index contributed by atoms with van der Waals surface area (Å²) >= 11 is 7.05. The molecule has 0 aliphatic carbocycles. The number of carbonyl (C=O) groups excluding carboxylic acids is 2. The molecule has 0 atom stereocenters. The van der Waals surface area contributed by atoms with E-state index in [0.717, 1.165) is 16.4 Å². The zero-order chi connectivity index (χ0) is 18.6. The number of hydrogen-bond donors (Lipinski definition) is 3. The molecule has 0 saturated carbocycles. The van der Waals surface area contributed by atoms with Crippen molar-refractivity contribution in [3.8, 4) is 0 Å². The molecular weight excluding hydrogens is 368 g/mol. The lowest BCUT2D eigenvalue weighted by Crippen LogP contribution is -2.32. The lowest BCUT2D eigenvalue weighted by Gasteiger charge is -2.09. The fraction of sp³-hybridized carbons (Fsp3) is 0.214. The number of carbonyl (C=O) groups is 2. The summed E-state index contributed by atoms with van der Waals surface area (Å²) in [7, 11) is 0. The first kappa shape index (κ1) is 18.7. The number of aromatic nitrogens is 3. The first-order valence-electron chi connectivity index (χ1n) is 6.99. The maximum absolute atomic E-state index is 12.0. The average molecular weight is 383 g/mol. The Hall–Kier alpha value is -2.59. The van der Waals surface area contributed by atoms with E-state index in [1.54, 1.807) is 19.1 Å². The monoisotopic (exact) mass is 382 g/mol. The van der Waals surface area contributed by atoms with Crippen molar-refractivity contribution < 1.29 is 9.59 Å². The SMILES string of the molecule is CC(=O)Nc1ccc(NC(=O)CSc2nc(C)n(N)c(=O)n2)cc1Cl. The molecule has 0 saturated heterocycles. The summed E-state index contributed by atoms with van der Waals surface area (Å²) in [5.74, 6) is 5.14. The van der Waals surface area contributed by atoms with Gasteiger partial charge in [0.25, 0.3) is 0 Å². The van der Waals surface area contributed by atoms with E-state index >= 15 is 0 Å². The van der Waals surface area contributed by atoms with Crippen molar-refractivity contribution in [2.45, 2.75) is 19.0 Å². The highest BCUT2D eigenvalue weighted by Gasteiger charge is 2.10. The number of amides is 2. The number of nitrogen functional groups attached to an aromatic ring is 1. The van der Waals surface area contributed by atoms with Crippen LogP contribution in [0.3, 0.4) is 0 Å². The average Bonchev–Trinajstić information content (AvgIpc) is 2.52. The lowest BCUT2D eigenvalue weighted by atomic mass is 10.2. The highest BCUT2D eigenvalue weighted by atomic mass is 35.5. The zero-order valence-corrected chi connectivity index (χ0v) is 14.9. The van der Waals surface area contributed by atoms with Gasteiger partial charge in [0.15, 0.2) is 5.16 Å². The molecular formula is C14H15ClN6O3S. The van der Waals surface area contributed by atoms with Crippen LogP contribution in [-0.2, 0) is 9.59 Å². The highest BCUT2D eigenvalue weighted by molar-refractivity contribution is 7.99. The number of nitrogens with zero attached hydrogens (tertiary/aromatic N) is 3. The standard InChI is InChI=1S/C14H15ClN6O3S/c1-7-17-13(20-14(24)21(7)16)25-6-12(23)19-9-3-4-11(10(15)5-9)18-8(2)22/h3-5H,6,16H2,1-2H3,(H,18,22)(H,19,23). The normalized spacial score (nSPS) is 10.4. The number of thioether (sulfide) groups is 1. The van der Waals surface area contributed by atoms with E-state index in [0.29, 0.717) is 22.2 Å². The largest absolute Gasteiger partial charge is 0.370 e. The number of anilines is 2. The Balaban J connectivity index is 1.97. The second-order valence-corrected chi connectivity index (χ2v) is 6.27. The first-order chi connectivity index (χ1) is 11.8. The van der Waals surface area contributed by atoms with Gasteiger partial charge in [0.1, 0.15) is 5.82 Å². The predicted molar refractivity (Wildman–Crippen MR) is 96.3 cm³/mol. The van der Waals surface area contributed by atoms with Crippen LogP contribution in [0.15, 0.2) is 28.2 Å². The second-order valence-electron chi connectivity index (χ2n) is 4.92. The third-order valence-electron chi connectivity index (χ3n) is 2.90. The van der Waals surface area contributed by atoms with E-state index in [-0.39, 0.29) is 22.7 Å².